The Morgan fingerprint density at radius 3 is 1.20 bits per heavy atom. The largest absolute Gasteiger partial charge is 0.464 e. The van der Waals surface area contributed by atoms with E-state index in [1.807, 2.05) is 0 Å². The first-order valence-electron chi connectivity index (χ1n) is 16.2. The van der Waals surface area contributed by atoms with Gasteiger partial charge in [0.25, 0.3) is 0 Å². The lowest BCUT2D eigenvalue weighted by Crippen LogP contribution is -2.50. The normalized spacial score (nSPS) is 12.8. The fraction of sp³-hybridized carbons (Fsp3) is 0.556. The van der Waals surface area contributed by atoms with E-state index in [9.17, 15) is 28.0 Å². The molecule has 278 valence electrons. The Morgan fingerprint density at radius 2 is 0.920 bits per heavy atom. The van der Waals surface area contributed by atoms with Gasteiger partial charge in [-0.2, -0.15) is 0 Å². The van der Waals surface area contributed by atoms with Crippen LogP contribution in [0.15, 0.2) is 48.5 Å². The molecule has 0 saturated carbocycles. The van der Waals surface area contributed by atoms with E-state index >= 15 is 0 Å². The van der Waals surface area contributed by atoms with Gasteiger partial charge < -0.3 is 28.4 Å². The molecule has 0 aromatic heterocycles. The molecule has 50 heavy (non-hydrogen) atoms. The van der Waals surface area contributed by atoms with Crippen LogP contribution in [0.3, 0.4) is 0 Å². The van der Waals surface area contributed by atoms with Crippen LogP contribution < -0.4 is 0 Å². The predicted octanol–water partition coefficient (Wildman–Crippen LogP) is 6.04. The zero-order valence-electron chi connectivity index (χ0n) is 30.2. The van der Waals surface area contributed by atoms with Crippen LogP contribution in [0.5, 0.6) is 0 Å². The van der Waals surface area contributed by atoms with Crippen molar-refractivity contribution < 1.29 is 56.4 Å². The van der Waals surface area contributed by atoms with Crippen LogP contribution in [0.2, 0.25) is 0 Å². The van der Waals surface area contributed by atoms with E-state index in [1.165, 1.54) is 62.8 Å². The first-order chi connectivity index (χ1) is 23.4. The Bertz CT molecular complexity index is 1270. The molecular weight excluding hydrogens is 658 g/mol. The van der Waals surface area contributed by atoms with Gasteiger partial charge in [-0.15, -0.1) is 0 Å². The first kappa shape index (κ1) is 41.9. The third-order valence-electron chi connectivity index (χ3n) is 6.80. The Kier molecular flexibility index (Phi) is 16.6. The van der Waals surface area contributed by atoms with E-state index in [-0.39, 0.29) is 52.4 Å². The Balaban J connectivity index is 2.09. The van der Waals surface area contributed by atoms with Crippen LogP contribution in [0.1, 0.15) is 65.5 Å². The summed E-state index contributed by atoms with van der Waals surface area (Å²) in [7, 11) is 2.73. The third-order valence-corrected chi connectivity index (χ3v) is 6.80. The molecule has 2 aromatic carbocycles. The summed E-state index contributed by atoms with van der Waals surface area (Å²) in [5, 5.41) is 0. The third kappa shape index (κ3) is 15.1. The minimum atomic E-state index is -1.15. The van der Waals surface area contributed by atoms with Gasteiger partial charge in [-0.25, -0.2) is 28.0 Å². The number of carbonyl (C=O) groups excluding carboxylic acids is 4. The topological polar surface area (TPSA) is 130 Å². The first-order valence-corrected chi connectivity index (χ1v) is 16.2. The molecule has 0 aliphatic carbocycles. The van der Waals surface area contributed by atoms with Gasteiger partial charge in [0.1, 0.15) is 48.4 Å². The minimum Gasteiger partial charge on any atom is -0.464 e. The van der Waals surface area contributed by atoms with Gasteiger partial charge in [0, 0.05) is 27.1 Å². The van der Waals surface area contributed by atoms with E-state index in [1.54, 1.807) is 41.5 Å². The summed E-state index contributed by atoms with van der Waals surface area (Å²) in [6.07, 6.45) is -1.00. The number of hydrogen-bond donors (Lipinski definition) is 0. The molecule has 2 rings (SSSR count). The number of unbranched alkanes of at least 4 members (excludes halogenated alkanes) is 1. The summed E-state index contributed by atoms with van der Waals surface area (Å²) in [6, 6.07) is 8.71. The van der Waals surface area contributed by atoms with Crippen molar-refractivity contribution in [1.82, 2.24) is 9.80 Å². The number of carbonyl (C=O) groups is 4. The van der Waals surface area contributed by atoms with Crippen molar-refractivity contribution in [2.24, 2.45) is 0 Å². The van der Waals surface area contributed by atoms with Gasteiger partial charge in [-0.1, -0.05) is 24.3 Å². The van der Waals surface area contributed by atoms with Crippen molar-refractivity contribution >= 4 is 24.1 Å². The number of halogens is 2. The fourth-order valence-electron chi connectivity index (χ4n) is 4.53. The SMILES string of the molecule is COCN(C(=O)OC(C)(C)C)[C@@H](Cc1ccc(F)cc1)C(=O)OCCCCOC(=O)[C@H](Cc1ccc(F)cc1)N(COC)C(=O)OC(C)(C)C. The molecule has 0 unspecified atom stereocenters. The summed E-state index contributed by atoms with van der Waals surface area (Å²) >= 11 is 0. The Morgan fingerprint density at radius 1 is 0.600 bits per heavy atom. The van der Waals surface area contributed by atoms with Gasteiger partial charge in [0.2, 0.25) is 0 Å². The standard InChI is InChI=1S/C36H50F2N2O10/c1-35(2,3)49-33(43)39(23-45-7)29(21-25-11-15-27(37)16-12-25)31(41)47-19-9-10-20-48-32(42)30(22-26-13-17-28(38)18-14-26)40(24-46-8)34(44)50-36(4,5)6/h11-18,29-30H,9-10,19-24H2,1-8H3/t29-,30-/m0/s1. The molecule has 2 amide bonds. The van der Waals surface area contributed by atoms with E-state index in [0.29, 0.717) is 11.1 Å². The number of esters is 2. The van der Waals surface area contributed by atoms with Crippen LogP contribution in [-0.4, -0.2) is 98.1 Å². The lowest BCUT2D eigenvalue weighted by molar-refractivity contribution is -0.154. The molecular formula is C36H50F2N2O10. The molecule has 0 radical (unpaired) electrons. The zero-order valence-corrected chi connectivity index (χ0v) is 30.2. The van der Waals surface area contributed by atoms with E-state index in [2.05, 4.69) is 0 Å². The highest BCUT2D eigenvalue weighted by atomic mass is 19.1. The summed E-state index contributed by atoms with van der Waals surface area (Å²) in [5.41, 5.74) is -0.546. The highest BCUT2D eigenvalue weighted by molar-refractivity contribution is 5.82. The van der Waals surface area contributed by atoms with Gasteiger partial charge in [0.15, 0.2) is 0 Å². The molecule has 0 N–H and O–H groups in total. The lowest BCUT2D eigenvalue weighted by Gasteiger charge is -2.32. The molecule has 12 nitrogen and oxygen atoms in total. The number of amides is 2. The average Bonchev–Trinajstić information content (AvgIpc) is 3.02. The van der Waals surface area contributed by atoms with E-state index < -0.39 is 59.0 Å². The summed E-state index contributed by atoms with van der Waals surface area (Å²) in [6.45, 7) is 9.45. The zero-order chi connectivity index (χ0) is 37.5. The van der Waals surface area contributed by atoms with E-state index in [0.717, 1.165) is 9.80 Å². The molecule has 0 aliphatic rings. The Hall–Kier alpha value is -4.30. The van der Waals surface area contributed by atoms with Crippen LogP contribution in [0, 0.1) is 11.6 Å². The van der Waals surface area contributed by atoms with Crippen molar-refractivity contribution in [3.05, 3.63) is 71.3 Å². The molecule has 0 saturated heterocycles. The minimum absolute atomic E-state index is 0.00436. The van der Waals surface area contributed by atoms with Crippen molar-refractivity contribution in [2.45, 2.75) is 90.5 Å². The number of methoxy groups -OCH3 is 2. The summed E-state index contributed by atoms with van der Waals surface area (Å²) < 4.78 is 59.5. The lowest BCUT2D eigenvalue weighted by atomic mass is 10.0. The molecule has 0 heterocycles. The van der Waals surface area contributed by atoms with Crippen molar-refractivity contribution in [1.29, 1.82) is 0 Å². The highest BCUT2D eigenvalue weighted by Crippen LogP contribution is 2.19. The van der Waals surface area contributed by atoms with Gasteiger partial charge >= 0.3 is 24.1 Å². The van der Waals surface area contributed by atoms with E-state index in [4.69, 9.17) is 28.4 Å². The highest BCUT2D eigenvalue weighted by Gasteiger charge is 2.36. The van der Waals surface area contributed by atoms with Crippen LogP contribution in [0.4, 0.5) is 18.4 Å². The number of nitrogens with zero attached hydrogens (tertiary/aromatic N) is 2. The Labute approximate surface area is 292 Å². The van der Waals surface area contributed by atoms with Crippen molar-refractivity contribution in [3.8, 4) is 0 Å². The molecule has 2 aromatic rings. The molecule has 2 atom stereocenters. The van der Waals surface area contributed by atoms with Crippen molar-refractivity contribution in [3.63, 3.8) is 0 Å². The molecule has 0 aliphatic heterocycles. The summed E-state index contributed by atoms with van der Waals surface area (Å²) in [4.78, 5) is 55.0. The number of rotatable bonds is 17. The maximum Gasteiger partial charge on any atom is 0.412 e. The predicted molar refractivity (Wildman–Crippen MR) is 179 cm³/mol. The second kappa shape index (κ2) is 19.8. The van der Waals surface area contributed by atoms with Gasteiger partial charge in [0.05, 0.1) is 13.2 Å². The number of hydrogen-bond acceptors (Lipinski definition) is 10. The summed E-state index contributed by atoms with van der Waals surface area (Å²) in [5.74, 6) is -2.37. The van der Waals surface area contributed by atoms with Crippen LogP contribution in [0.25, 0.3) is 0 Å². The smallest absolute Gasteiger partial charge is 0.412 e. The van der Waals surface area contributed by atoms with Crippen molar-refractivity contribution in [2.75, 3.05) is 40.9 Å². The quantitative estimate of drug-likeness (QED) is 0.0831. The molecule has 0 bridgehead atoms. The van der Waals surface area contributed by atoms with Crippen LogP contribution in [-0.2, 0) is 50.9 Å². The monoisotopic (exact) mass is 708 g/mol. The van der Waals surface area contributed by atoms with Gasteiger partial charge in [-0.05, 0) is 89.8 Å². The molecule has 0 fully saturated rings. The number of benzene rings is 2. The second-order valence-electron chi connectivity index (χ2n) is 13.5. The molecule has 14 heteroatoms. The van der Waals surface area contributed by atoms with Gasteiger partial charge in [-0.3, -0.25) is 9.80 Å². The maximum absolute atomic E-state index is 13.5. The fourth-order valence-corrected chi connectivity index (χ4v) is 4.53. The molecule has 0 spiro atoms. The maximum atomic E-state index is 13.5. The van der Waals surface area contributed by atoms with Crippen LogP contribution >= 0.6 is 0 Å². The number of ether oxygens (including phenoxy) is 6. The average molecular weight is 709 g/mol. The second-order valence-corrected chi connectivity index (χ2v) is 13.5.